The van der Waals surface area contributed by atoms with Gasteiger partial charge in [0.15, 0.2) is 0 Å². The second-order valence-electron chi connectivity index (χ2n) is 7.86. The number of amides is 1. The first kappa shape index (κ1) is 19.9. The molecule has 29 heavy (non-hydrogen) atoms. The Morgan fingerprint density at radius 3 is 2.45 bits per heavy atom. The van der Waals surface area contributed by atoms with Crippen molar-refractivity contribution < 1.29 is 19.4 Å². The van der Waals surface area contributed by atoms with E-state index in [1.807, 2.05) is 41.3 Å². The molecule has 154 valence electrons. The third-order valence-corrected chi connectivity index (χ3v) is 6.36. The fourth-order valence-electron chi connectivity index (χ4n) is 5.04. The predicted octanol–water partition coefficient (Wildman–Crippen LogP) is 1.88. The topological polar surface area (TPSA) is 62.2 Å². The van der Waals surface area contributed by atoms with Crippen LogP contribution in [0.2, 0.25) is 0 Å². The van der Waals surface area contributed by atoms with Crippen molar-refractivity contribution in [1.82, 2.24) is 9.80 Å². The number of aliphatic hydroxyl groups is 1. The van der Waals surface area contributed by atoms with Crippen LogP contribution in [0.15, 0.2) is 54.6 Å². The van der Waals surface area contributed by atoms with E-state index < -0.39 is 0 Å². The first-order valence-electron chi connectivity index (χ1n) is 9.95. The number of rotatable bonds is 7. The van der Waals surface area contributed by atoms with Crippen molar-refractivity contribution in [2.45, 2.75) is 24.0 Å². The molecule has 6 heteroatoms. The summed E-state index contributed by atoms with van der Waals surface area (Å²) in [6.07, 6.45) is 0. The lowest BCUT2D eigenvalue weighted by molar-refractivity contribution is -0.201. The van der Waals surface area contributed by atoms with E-state index in [4.69, 9.17) is 9.47 Å². The molecule has 2 aromatic carbocycles. The van der Waals surface area contributed by atoms with E-state index in [1.165, 1.54) is 5.56 Å². The van der Waals surface area contributed by atoms with Crippen molar-refractivity contribution in [3.8, 4) is 5.75 Å². The maximum atomic E-state index is 12.3. The summed E-state index contributed by atoms with van der Waals surface area (Å²) in [4.78, 5) is 16.5. The molecule has 2 atom stereocenters. The molecule has 1 spiro atoms. The third-order valence-electron chi connectivity index (χ3n) is 6.36. The quantitative estimate of drug-likeness (QED) is 0.774. The zero-order valence-corrected chi connectivity index (χ0v) is 17.0. The van der Waals surface area contributed by atoms with Gasteiger partial charge in [0, 0.05) is 44.3 Å². The summed E-state index contributed by atoms with van der Waals surface area (Å²) in [7, 11) is 3.22. The summed E-state index contributed by atoms with van der Waals surface area (Å²) in [5.74, 6) is 1.03. The number of methoxy groups -OCH3 is 2. The Balaban J connectivity index is 1.63. The first-order valence-corrected chi connectivity index (χ1v) is 9.95. The predicted molar refractivity (Wildman–Crippen MR) is 110 cm³/mol. The van der Waals surface area contributed by atoms with Gasteiger partial charge in [-0.15, -0.1) is 0 Å². The van der Waals surface area contributed by atoms with Gasteiger partial charge in [0.1, 0.15) is 12.4 Å². The number of hydrogen-bond donors (Lipinski definition) is 1. The molecule has 0 aromatic heterocycles. The normalized spacial score (nSPS) is 22.8. The molecule has 4 rings (SSSR count). The SMILES string of the molecule is COCC(=O)N1CC2(C1)[C@H](c1ccccc1)[C@@H](CO)N2Cc1ccccc1OC. The van der Waals surface area contributed by atoms with Crippen LogP contribution in [0.25, 0.3) is 0 Å². The minimum Gasteiger partial charge on any atom is -0.496 e. The molecule has 2 aromatic rings. The van der Waals surface area contributed by atoms with Gasteiger partial charge in [-0.25, -0.2) is 0 Å². The molecule has 2 saturated heterocycles. The molecule has 0 bridgehead atoms. The van der Waals surface area contributed by atoms with Crippen molar-refractivity contribution in [1.29, 1.82) is 0 Å². The zero-order chi connectivity index (χ0) is 20.4. The summed E-state index contributed by atoms with van der Waals surface area (Å²) in [6.45, 7) is 2.12. The molecule has 2 heterocycles. The molecular formula is C23H28N2O4. The number of aliphatic hydroxyl groups excluding tert-OH is 1. The van der Waals surface area contributed by atoms with Crippen molar-refractivity contribution in [3.05, 3.63) is 65.7 Å². The highest BCUT2D eigenvalue weighted by Crippen LogP contribution is 2.54. The zero-order valence-electron chi connectivity index (χ0n) is 17.0. The van der Waals surface area contributed by atoms with Crippen LogP contribution >= 0.6 is 0 Å². The van der Waals surface area contributed by atoms with Gasteiger partial charge in [-0.3, -0.25) is 9.69 Å². The number of carbonyl (C=O) groups is 1. The van der Waals surface area contributed by atoms with Crippen LogP contribution < -0.4 is 4.74 Å². The van der Waals surface area contributed by atoms with Gasteiger partial charge >= 0.3 is 0 Å². The summed E-state index contributed by atoms with van der Waals surface area (Å²) in [5, 5.41) is 10.2. The second-order valence-corrected chi connectivity index (χ2v) is 7.86. The molecule has 6 nitrogen and oxygen atoms in total. The number of likely N-dealkylation sites (tertiary alicyclic amines) is 2. The Hall–Kier alpha value is -2.41. The first-order chi connectivity index (χ1) is 14.1. The second kappa shape index (κ2) is 8.14. The van der Waals surface area contributed by atoms with Gasteiger partial charge < -0.3 is 19.5 Å². The number of hydrogen-bond acceptors (Lipinski definition) is 5. The lowest BCUT2D eigenvalue weighted by Gasteiger charge is -2.70. The smallest absolute Gasteiger partial charge is 0.248 e. The molecule has 0 unspecified atom stereocenters. The molecule has 1 N–H and O–H groups in total. The fraction of sp³-hybridized carbons (Fsp3) is 0.435. The van der Waals surface area contributed by atoms with Gasteiger partial charge in [0.2, 0.25) is 5.91 Å². The highest BCUT2D eigenvalue weighted by atomic mass is 16.5. The number of para-hydroxylation sites is 1. The number of nitrogens with zero attached hydrogens (tertiary/aromatic N) is 2. The molecule has 1 amide bonds. The van der Waals surface area contributed by atoms with Crippen LogP contribution in [0.1, 0.15) is 17.0 Å². The van der Waals surface area contributed by atoms with Crippen LogP contribution in [0.4, 0.5) is 0 Å². The molecule has 0 radical (unpaired) electrons. The average molecular weight is 396 g/mol. The van der Waals surface area contributed by atoms with E-state index >= 15 is 0 Å². The maximum Gasteiger partial charge on any atom is 0.248 e. The minimum atomic E-state index is -0.182. The van der Waals surface area contributed by atoms with E-state index in [9.17, 15) is 9.90 Å². The molecule has 2 fully saturated rings. The standard InChI is InChI=1S/C23H28N2O4/c1-28-14-21(27)24-15-23(16-24)22(17-8-4-3-5-9-17)19(13-26)25(23)12-18-10-6-7-11-20(18)29-2/h3-11,19,22,26H,12-16H2,1-2H3/t19-,22-/m1/s1. The van der Waals surface area contributed by atoms with Crippen LogP contribution in [-0.2, 0) is 16.1 Å². The van der Waals surface area contributed by atoms with Gasteiger partial charge in [-0.1, -0.05) is 48.5 Å². The summed E-state index contributed by atoms with van der Waals surface area (Å²) >= 11 is 0. The molecule has 0 aliphatic carbocycles. The Morgan fingerprint density at radius 2 is 1.79 bits per heavy atom. The van der Waals surface area contributed by atoms with Gasteiger partial charge in [-0.05, 0) is 11.6 Å². The van der Waals surface area contributed by atoms with Crippen LogP contribution in [-0.4, -0.2) is 72.9 Å². The van der Waals surface area contributed by atoms with E-state index in [-0.39, 0.29) is 36.6 Å². The number of carbonyl (C=O) groups excluding carboxylic acids is 1. The van der Waals surface area contributed by atoms with E-state index in [1.54, 1.807) is 14.2 Å². The van der Waals surface area contributed by atoms with Crippen molar-refractivity contribution in [3.63, 3.8) is 0 Å². The lowest BCUT2D eigenvalue weighted by atomic mass is 9.60. The Morgan fingerprint density at radius 1 is 1.10 bits per heavy atom. The summed E-state index contributed by atoms with van der Waals surface area (Å²) in [6, 6.07) is 18.3. The van der Waals surface area contributed by atoms with Gasteiger partial charge in [0.25, 0.3) is 0 Å². The molecule has 2 aliphatic heterocycles. The van der Waals surface area contributed by atoms with Crippen LogP contribution in [0.3, 0.4) is 0 Å². The number of ether oxygens (including phenoxy) is 2. The lowest BCUT2D eigenvalue weighted by Crippen LogP contribution is -2.84. The van der Waals surface area contributed by atoms with Gasteiger partial charge in [0.05, 0.1) is 19.3 Å². The molecule has 0 saturated carbocycles. The molecular weight excluding hydrogens is 368 g/mol. The third kappa shape index (κ3) is 3.31. The summed E-state index contributed by atoms with van der Waals surface area (Å²) in [5.41, 5.74) is 2.11. The Bertz CT molecular complexity index is 851. The maximum absolute atomic E-state index is 12.3. The van der Waals surface area contributed by atoms with Crippen molar-refractivity contribution in [2.24, 2.45) is 0 Å². The Labute approximate surface area is 171 Å². The highest BCUT2D eigenvalue weighted by molar-refractivity contribution is 5.79. The average Bonchev–Trinajstić information content (AvgIpc) is 2.71. The van der Waals surface area contributed by atoms with Gasteiger partial charge in [-0.2, -0.15) is 0 Å². The van der Waals surface area contributed by atoms with Crippen LogP contribution in [0, 0.1) is 0 Å². The van der Waals surface area contributed by atoms with E-state index in [0.29, 0.717) is 19.6 Å². The van der Waals surface area contributed by atoms with Crippen LogP contribution in [0.5, 0.6) is 5.75 Å². The monoisotopic (exact) mass is 396 g/mol. The van der Waals surface area contributed by atoms with Crippen molar-refractivity contribution >= 4 is 5.91 Å². The molecule has 2 aliphatic rings. The van der Waals surface area contributed by atoms with E-state index in [2.05, 4.69) is 23.1 Å². The summed E-state index contributed by atoms with van der Waals surface area (Å²) < 4.78 is 10.6. The Kier molecular flexibility index (Phi) is 5.58. The van der Waals surface area contributed by atoms with E-state index in [0.717, 1.165) is 11.3 Å². The fourth-order valence-corrected chi connectivity index (χ4v) is 5.04. The number of benzene rings is 2. The van der Waals surface area contributed by atoms with Crippen molar-refractivity contribution in [2.75, 3.05) is 40.5 Å². The highest BCUT2D eigenvalue weighted by Gasteiger charge is 2.66. The largest absolute Gasteiger partial charge is 0.496 e. The minimum absolute atomic E-state index is 0.00184.